The minimum absolute atomic E-state index is 0. The first-order valence-corrected chi connectivity index (χ1v) is 8.75. The molecule has 1 saturated carbocycles. The molecule has 0 bridgehead atoms. The number of nitrogens with zero attached hydrogens (tertiary/aromatic N) is 1. The van der Waals surface area contributed by atoms with Crippen LogP contribution >= 0.6 is 11.3 Å². The molecule has 1 heterocycles. The summed E-state index contributed by atoms with van der Waals surface area (Å²) in [5.74, 6) is -0.978. The van der Waals surface area contributed by atoms with Gasteiger partial charge in [0.1, 0.15) is 11.0 Å². The Morgan fingerprint density at radius 2 is 2.00 bits per heavy atom. The first-order chi connectivity index (χ1) is 10.3. The van der Waals surface area contributed by atoms with Crippen molar-refractivity contribution < 1.29 is 33.5 Å². The molecule has 7 heteroatoms. The third-order valence-corrected chi connectivity index (χ3v) is 5.25. The average Bonchev–Trinajstić information content (AvgIpc) is 2.82. The minimum atomic E-state index is -1.21. The molecule has 1 aromatic heterocycles. The standard InChI is InChI=1S/C16H26N2O3S.Li/c1-5-16(3,4)18-11-6-8-12(9-7-11)21-14-13(15(19)20)22-10(2)17-14;/h11-12,18H,5-9H2,1-4H3,(H,19,20);/q;+1/p-1. The zero-order chi connectivity index (χ0) is 16.3. The second-order valence-electron chi connectivity index (χ2n) is 6.63. The summed E-state index contributed by atoms with van der Waals surface area (Å²) in [4.78, 5) is 15.4. The molecule has 0 unspecified atom stereocenters. The third-order valence-electron chi connectivity index (χ3n) is 4.32. The zero-order valence-electron chi connectivity index (χ0n) is 14.8. The predicted molar refractivity (Wildman–Crippen MR) is 85.4 cm³/mol. The minimum Gasteiger partial charge on any atom is -0.544 e. The van der Waals surface area contributed by atoms with Crippen molar-refractivity contribution in [3.63, 3.8) is 0 Å². The van der Waals surface area contributed by atoms with E-state index in [2.05, 4.69) is 31.1 Å². The molecule has 0 amide bonds. The van der Waals surface area contributed by atoms with Gasteiger partial charge < -0.3 is 20.0 Å². The molecule has 5 nitrogen and oxygen atoms in total. The van der Waals surface area contributed by atoms with Crippen molar-refractivity contribution in [3.8, 4) is 5.88 Å². The van der Waals surface area contributed by atoms with Crippen molar-refractivity contribution in [1.82, 2.24) is 10.3 Å². The van der Waals surface area contributed by atoms with Crippen LogP contribution < -0.4 is 34.0 Å². The van der Waals surface area contributed by atoms with Gasteiger partial charge in [-0.25, -0.2) is 4.98 Å². The van der Waals surface area contributed by atoms with E-state index in [1.165, 1.54) is 0 Å². The molecule has 23 heavy (non-hydrogen) atoms. The molecular formula is C16H25LiN2O3S. The van der Waals surface area contributed by atoms with Crippen molar-refractivity contribution in [2.24, 2.45) is 0 Å². The number of aromatic carboxylic acids is 1. The molecular weight excluding hydrogens is 307 g/mol. The van der Waals surface area contributed by atoms with Crippen LogP contribution in [0.3, 0.4) is 0 Å². The van der Waals surface area contributed by atoms with Crippen LogP contribution in [0.1, 0.15) is 67.6 Å². The van der Waals surface area contributed by atoms with Crippen molar-refractivity contribution in [2.45, 2.75) is 77.5 Å². The Kier molecular flexibility index (Phi) is 7.60. The SMILES string of the molecule is CCC(C)(C)NC1CCC(Oc2nc(C)sc2C(=O)[O-])CC1.[Li+]. The van der Waals surface area contributed by atoms with Gasteiger partial charge in [0.2, 0.25) is 5.88 Å². The van der Waals surface area contributed by atoms with Gasteiger partial charge in [-0.1, -0.05) is 6.92 Å². The fraction of sp³-hybridized carbons (Fsp3) is 0.750. The first-order valence-electron chi connectivity index (χ1n) is 7.94. The molecule has 1 N–H and O–H groups in total. The van der Waals surface area contributed by atoms with Crippen LogP contribution in [0.4, 0.5) is 0 Å². The Hall–Kier alpha value is -0.543. The van der Waals surface area contributed by atoms with Gasteiger partial charge in [-0.05, 0) is 52.9 Å². The van der Waals surface area contributed by atoms with Gasteiger partial charge in [-0.2, -0.15) is 0 Å². The number of aryl methyl sites for hydroxylation is 1. The fourth-order valence-corrected chi connectivity index (χ4v) is 3.44. The van der Waals surface area contributed by atoms with E-state index < -0.39 is 5.97 Å². The van der Waals surface area contributed by atoms with Gasteiger partial charge in [-0.15, -0.1) is 11.3 Å². The summed E-state index contributed by atoms with van der Waals surface area (Å²) in [6, 6.07) is 0.507. The van der Waals surface area contributed by atoms with Crippen LogP contribution in [0.2, 0.25) is 0 Å². The van der Waals surface area contributed by atoms with Crippen LogP contribution in [-0.2, 0) is 0 Å². The van der Waals surface area contributed by atoms with E-state index in [4.69, 9.17) is 4.74 Å². The number of aromatic nitrogens is 1. The molecule has 0 aromatic carbocycles. The summed E-state index contributed by atoms with van der Waals surface area (Å²) in [7, 11) is 0. The maximum Gasteiger partial charge on any atom is 1.00 e. The van der Waals surface area contributed by atoms with Crippen LogP contribution in [0.25, 0.3) is 0 Å². The summed E-state index contributed by atoms with van der Waals surface area (Å²) in [5, 5.41) is 15.5. The predicted octanol–water partition coefficient (Wildman–Crippen LogP) is -0.713. The second-order valence-corrected chi connectivity index (χ2v) is 7.83. The third kappa shape index (κ3) is 5.79. The van der Waals surface area contributed by atoms with Crippen molar-refractivity contribution in [2.75, 3.05) is 0 Å². The Morgan fingerprint density at radius 3 is 2.52 bits per heavy atom. The van der Waals surface area contributed by atoms with Gasteiger partial charge in [0, 0.05) is 11.6 Å². The van der Waals surface area contributed by atoms with Gasteiger partial charge >= 0.3 is 18.9 Å². The largest absolute Gasteiger partial charge is 1.00 e. The summed E-state index contributed by atoms with van der Waals surface area (Å²) < 4.78 is 5.82. The smallest absolute Gasteiger partial charge is 0.544 e. The number of carboxylic acid groups (broad SMARTS) is 1. The summed E-state index contributed by atoms with van der Waals surface area (Å²) in [6.07, 6.45) is 5.05. The quantitative estimate of drug-likeness (QED) is 0.697. The van der Waals surface area contributed by atoms with E-state index in [-0.39, 0.29) is 41.3 Å². The van der Waals surface area contributed by atoms with Gasteiger partial charge in [0.15, 0.2) is 0 Å². The number of thiazole rings is 1. The van der Waals surface area contributed by atoms with Crippen molar-refractivity contribution >= 4 is 17.3 Å². The van der Waals surface area contributed by atoms with Crippen molar-refractivity contribution in [1.29, 1.82) is 0 Å². The molecule has 0 atom stereocenters. The summed E-state index contributed by atoms with van der Waals surface area (Å²) in [5.41, 5.74) is 0.159. The molecule has 0 radical (unpaired) electrons. The fourth-order valence-electron chi connectivity index (χ4n) is 2.75. The van der Waals surface area contributed by atoms with Crippen LogP contribution in [0, 0.1) is 6.92 Å². The van der Waals surface area contributed by atoms with E-state index in [9.17, 15) is 9.90 Å². The first kappa shape index (κ1) is 20.5. The molecule has 1 aromatic rings. The monoisotopic (exact) mass is 332 g/mol. The molecule has 1 aliphatic carbocycles. The number of carbonyl (C=O) groups is 1. The molecule has 2 rings (SSSR count). The Labute approximate surface area is 154 Å². The second kappa shape index (κ2) is 8.52. The van der Waals surface area contributed by atoms with E-state index in [1.54, 1.807) is 6.92 Å². The van der Waals surface area contributed by atoms with Crippen LogP contribution in [0.15, 0.2) is 0 Å². The molecule has 1 fully saturated rings. The van der Waals surface area contributed by atoms with Gasteiger partial charge in [0.25, 0.3) is 0 Å². The number of hydrogen-bond acceptors (Lipinski definition) is 6. The normalized spacial score (nSPS) is 21.6. The zero-order valence-corrected chi connectivity index (χ0v) is 15.6. The number of rotatable bonds is 6. The van der Waals surface area contributed by atoms with Crippen LogP contribution in [-0.4, -0.2) is 28.6 Å². The number of nitrogens with one attached hydrogen (secondary N) is 1. The van der Waals surface area contributed by atoms with Gasteiger partial charge in [-0.3, -0.25) is 0 Å². The topological polar surface area (TPSA) is 74.3 Å². The Bertz CT molecular complexity index is 525. The van der Waals surface area contributed by atoms with E-state index in [1.807, 2.05) is 0 Å². The average molecular weight is 332 g/mol. The number of ether oxygens (including phenoxy) is 1. The molecule has 1 aliphatic rings. The number of carboxylic acids is 1. The van der Waals surface area contributed by atoms with Crippen LogP contribution in [0.5, 0.6) is 5.88 Å². The molecule has 0 aliphatic heterocycles. The Morgan fingerprint density at radius 1 is 1.39 bits per heavy atom. The van der Waals surface area contributed by atoms with Crippen molar-refractivity contribution in [3.05, 3.63) is 9.88 Å². The number of hydrogen-bond donors (Lipinski definition) is 1. The maximum absolute atomic E-state index is 11.1. The Balaban J connectivity index is 0.00000264. The molecule has 124 valence electrons. The summed E-state index contributed by atoms with van der Waals surface area (Å²) >= 11 is 1.11. The maximum atomic E-state index is 11.1. The van der Waals surface area contributed by atoms with E-state index in [0.29, 0.717) is 11.0 Å². The molecule has 0 saturated heterocycles. The van der Waals surface area contributed by atoms with Gasteiger partial charge in [0.05, 0.1) is 11.0 Å². The molecule has 0 spiro atoms. The van der Waals surface area contributed by atoms with E-state index in [0.717, 1.165) is 43.4 Å². The van der Waals surface area contributed by atoms with E-state index >= 15 is 0 Å². The summed E-state index contributed by atoms with van der Waals surface area (Å²) in [6.45, 7) is 8.41. The number of carbonyl (C=O) groups excluding carboxylic acids is 1.